The summed E-state index contributed by atoms with van der Waals surface area (Å²) in [5, 5.41) is 12.3. The Bertz CT molecular complexity index is 808. The first kappa shape index (κ1) is 20.4. The van der Waals surface area contributed by atoms with Crippen molar-refractivity contribution in [3.63, 3.8) is 0 Å². The Balaban J connectivity index is 1.58. The Morgan fingerprint density at radius 1 is 1.32 bits per heavy atom. The fraction of sp³-hybridized carbons (Fsp3) is 0.529. The molecular formula is C17H20F3N5O2S. The van der Waals surface area contributed by atoms with Crippen LogP contribution in [0.4, 0.5) is 13.2 Å². The number of alkyl halides is 3. The van der Waals surface area contributed by atoms with Crippen LogP contribution in [0.2, 0.25) is 0 Å². The molecule has 0 saturated heterocycles. The third kappa shape index (κ3) is 5.37. The molecule has 2 aromatic rings. The van der Waals surface area contributed by atoms with Crippen LogP contribution in [0.25, 0.3) is 0 Å². The first-order chi connectivity index (χ1) is 13.3. The maximum absolute atomic E-state index is 12.5. The molecule has 152 valence electrons. The van der Waals surface area contributed by atoms with Crippen molar-refractivity contribution in [2.45, 2.75) is 49.8 Å². The van der Waals surface area contributed by atoms with Gasteiger partial charge in [-0.2, -0.15) is 0 Å². The summed E-state index contributed by atoms with van der Waals surface area (Å²) in [6, 6.07) is 6.04. The van der Waals surface area contributed by atoms with Crippen LogP contribution >= 0.6 is 11.8 Å². The average Bonchev–Trinajstić information content (AvgIpc) is 3.31. The van der Waals surface area contributed by atoms with Crippen LogP contribution in [0, 0.1) is 0 Å². The molecule has 1 amide bonds. The molecular weight excluding hydrogens is 395 g/mol. The molecule has 0 spiro atoms. The van der Waals surface area contributed by atoms with Gasteiger partial charge in [0.05, 0.1) is 11.8 Å². The number of amides is 1. The van der Waals surface area contributed by atoms with Gasteiger partial charge in [0.1, 0.15) is 5.75 Å². The summed E-state index contributed by atoms with van der Waals surface area (Å²) in [7, 11) is 1.53. The normalized spacial score (nSPS) is 15.0. The SMILES string of the molecule is CN(Cc1ccccc1OC(F)(F)F)C(=O)CSc1nnnn1C1CCCC1. The van der Waals surface area contributed by atoms with E-state index in [0.29, 0.717) is 5.16 Å². The minimum Gasteiger partial charge on any atom is -0.405 e. The number of hydrogen-bond acceptors (Lipinski definition) is 6. The molecule has 7 nitrogen and oxygen atoms in total. The second-order valence-corrected chi connectivity index (χ2v) is 7.48. The largest absolute Gasteiger partial charge is 0.573 e. The van der Waals surface area contributed by atoms with Gasteiger partial charge in [-0.3, -0.25) is 4.79 Å². The van der Waals surface area contributed by atoms with Gasteiger partial charge in [-0.05, 0) is 29.3 Å². The lowest BCUT2D eigenvalue weighted by Crippen LogP contribution is -2.28. The molecule has 0 unspecified atom stereocenters. The molecule has 0 atom stereocenters. The van der Waals surface area contributed by atoms with E-state index in [9.17, 15) is 18.0 Å². The third-order valence-electron chi connectivity index (χ3n) is 4.49. The molecule has 0 aliphatic heterocycles. The van der Waals surface area contributed by atoms with E-state index in [0.717, 1.165) is 25.7 Å². The molecule has 1 aliphatic carbocycles. The molecule has 1 aliphatic rings. The van der Waals surface area contributed by atoms with E-state index in [-0.39, 0.29) is 35.6 Å². The molecule has 11 heteroatoms. The molecule has 0 N–H and O–H groups in total. The van der Waals surface area contributed by atoms with Crippen LogP contribution in [0.3, 0.4) is 0 Å². The van der Waals surface area contributed by atoms with Crippen LogP contribution in [0.1, 0.15) is 37.3 Å². The van der Waals surface area contributed by atoms with E-state index in [1.807, 2.05) is 0 Å². The second kappa shape index (κ2) is 8.80. The minimum atomic E-state index is -4.79. The molecule has 28 heavy (non-hydrogen) atoms. The van der Waals surface area contributed by atoms with Gasteiger partial charge in [-0.15, -0.1) is 18.3 Å². The smallest absolute Gasteiger partial charge is 0.405 e. The number of aromatic nitrogens is 4. The fourth-order valence-electron chi connectivity index (χ4n) is 3.10. The van der Waals surface area contributed by atoms with Gasteiger partial charge in [0.25, 0.3) is 0 Å². The molecule has 1 aromatic carbocycles. The van der Waals surface area contributed by atoms with Crippen LogP contribution in [0.5, 0.6) is 5.75 Å². The highest BCUT2D eigenvalue weighted by atomic mass is 32.2. The number of tetrazole rings is 1. The first-order valence-electron chi connectivity index (χ1n) is 8.82. The number of carbonyl (C=O) groups is 1. The van der Waals surface area contributed by atoms with Crippen molar-refractivity contribution in [3.8, 4) is 5.75 Å². The fourth-order valence-corrected chi connectivity index (χ4v) is 3.98. The lowest BCUT2D eigenvalue weighted by atomic mass is 10.2. The Morgan fingerprint density at radius 2 is 2.04 bits per heavy atom. The van der Waals surface area contributed by atoms with E-state index in [1.165, 1.54) is 41.9 Å². The summed E-state index contributed by atoms with van der Waals surface area (Å²) in [6.45, 7) is -0.000782. The number of ether oxygens (including phenoxy) is 1. The summed E-state index contributed by atoms with van der Waals surface area (Å²) >= 11 is 1.23. The van der Waals surface area contributed by atoms with Crippen molar-refractivity contribution >= 4 is 17.7 Å². The molecule has 1 aromatic heterocycles. The standard InChI is InChI=1S/C17H20F3N5O2S/c1-24(10-12-6-2-5-9-14(12)27-17(18,19)20)15(26)11-28-16-21-22-23-25(16)13-7-3-4-8-13/h2,5-6,9,13H,3-4,7-8,10-11H2,1H3. The summed E-state index contributed by atoms with van der Waals surface area (Å²) in [6.07, 6.45) is -0.484. The topological polar surface area (TPSA) is 73.1 Å². The number of para-hydroxylation sites is 1. The van der Waals surface area contributed by atoms with Crippen molar-refractivity contribution in [2.75, 3.05) is 12.8 Å². The number of carbonyl (C=O) groups excluding carboxylic acids is 1. The Hall–Kier alpha value is -2.30. The van der Waals surface area contributed by atoms with E-state index in [2.05, 4.69) is 20.3 Å². The zero-order chi connectivity index (χ0) is 20.1. The third-order valence-corrected chi connectivity index (χ3v) is 5.41. The number of thioether (sulfide) groups is 1. The number of halogens is 3. The number of rotatable bonds is 7. The van der Waals surface area contributed by atoms with Gasteiger partial charge >= 0.3 is 6.36 Å². The molecule has 0 radical (unpaired) electrons. The summed E-state index contributed by atoms with van der Waals surface area (Å²) in [4.78, 5) is 13.8. The van der Waals surface area contributed by atoms with E-state index in [1.54, 1.807) is 10.7 Å². The van der Waals surface area contributed by atoms with E-state index in [4.69, 9.17) is 0 Å². The van der Waals surface area contributed by atoms with Crippen LogP contribution in [-0.4, -0.2) is 50.2 Å². The zero-order valence-electron chi connectivity index (χ0n) is 15.2. The number of hydrogen-bond donors (Lipinski definition) is 0. The van der Waals surface area contributed by atoms with Gasteiger partial charge in [0.15, 0.2) is 0 Å². The minimum absolute atomic E-state index is 0.000782. The first-order valence-corrected chi connectivity index (χ1v) is 9.80. The average molecular weight is 415 g/mol. The molecule has 3 rings (SSSR count). The molecule has 1 heterocycles. The van der Waals surface area contributed by atoms with Crippen molar-refractivity contribution in [1.29, 1.82) is 0 Å². The van der Waals surface area contributed by atoms with Gasteiger partial charge < -0.3 is 9.64 Å². The van der Waals surface area contributed by atoms with Gasteiger partial charge in [-0.25, -0.2) is 4.68 Å². The number of nitrogens with zero attached hydrogens (tertiary/aromatic N) is 5. The van der Waals surface area contributed by atoms with Crippen molar-refractivity contribution in [2.24, 2.45) is 0 Å². The van der Waals surface area contributed by atoms with Crippen molar-refractivity contribution in [1.82, 2.24) is 25.1 Å². The molecule has 0 bridgehead atoms. The van der Waals surface area contributed by atoms with Crippen molar-refractivity contribution < 1.29 is 22.7 Å². The maximum atomic E-state index is 12.5. The lowest BCUT2D eigenvalue weighted by Gasteiger charge is -2.20. The van der Waals surface area contributed by atoms with Gasteiger partial charge in [0, 0.05) is 19.2 Å². The highest BCUT2D eigenvalue weighted by molar-refractivity contribution is 7.99. The summed E-state index contributed by atoms with van der Waals surface area (Å²) in [5.74, 6) is -0.466. The quantitative estimate of drug-likeness (QED) is 0.645. The summed E-state index contributed by atoms with van der Waals surface area (Å²) < 4.78 is 43.4. The van der Waals surface area contributed by atoms with Crippen LogP contribution < -0.4 is 4.74 Å². The van der Waals surface area contributed by atoms with Crippen molar-refractivity contribution in [3.05, 3.63) is 29.8 Å². The Morgan fingerprint density at radius 3 is 2.75 bits per heavy atom. The Labute approximate surface area is 164 Å². The van der Waals surface area contributed by atoms with Gasteiger partial charge in [-0.1, -0.05) is 42.8 Å². The molecule has 1 saturated carbocycles. The highest BCUT2D eigenvalue weighted by Gasteiger charge is 2.32. The van der Waals surface area contributed by atoms with Gasteiger partial charge in [0.2, 0.25) is 11.1 Å². The van der Waals surface area contributed by atoms with Crippen LogP contribution in [-0.2, 0) is 11.3 Å². The molecule has 1 fully saturated rings. The monoisotopic (exact) mass is 415 g/mol. The van der Waals surface area contributed by atoms with E-state index < -0.39 is 6.36 Å². The highest BCUT2D eigenvalue weighted by Crippen LogP contribution is 2.31. The summed E-state index contributed by atoms with van der Waals surface area (Å²) in [5.41, 5.74) is 0.275. The zero-order valence-corrected chi connectivity index (χ0v) is 16.0. The predicted molar refractivity (Wildman–Crippen MR) is 95.6 cm³/mol. The van der Waals surface area contributed by atoms with Crippen LogP contribution in [0.15, 0.2) is 29.4 Å². The Kier molecular flexibility index (Phi) is 6.42. The number of benzene rings is 1. The predicted octanol–water partition coefficient (Wildman–Crippen LogP) is 3.44. The lowest BCUT2D eigenvalue weighted by molar-refractivity contribution is -0.275. The van der Waals surface area contributed by atoms with E-state index >= 15 is 0 Å². The maximum Gasteiger partial charge on any atom is 0.573 e. The second-order valence-electron chi connectivity index (χ2n) is 6.54.